The average Bonchev–Trinajstić information content (AvgIpc) is 2.90. The fraction of sp³-hybridized carbons (Fsp3) is 0.182. The first-order valence-corrected chi connectivity index (χ1v) is 5.62. The lowest BCUT2D eigenvalue weighted by Crippen LogP contribution is -2.38. The molecular weight excluding hydrogens is 284 g/mol. The second-order valence-electron chi connectivity index (χ2n) is 3.57. The third-order valence-corrected chi connectivity index (χ3v) is 2.10. The van der Waals surface area contributed by atoms with E-state index in [0.717, 1.165) is 6.21 Å². The molecule has 1 heterocycles. The van der Waals surface area contributed by atoms with Crippen LogP contribution in [0, 0.1) is 10.1 Å². The Morgan fingerprint density at radius 2 is 2.24 bits per heavy atom. The SMILES string of the molecule is NC(=O)C(=O)N(CCO)/N=C/C=C/c1ccc([N+](=O)[O-])o1. The van der Waals surface area contributed by atoms with Crippen LogP contribution >= 0.6 is 0 Å². The monoisotopic (exact) mass is 296 g/mol. The van der Waals surface area contributed by atoms with Crippen molar-refractivity contribution in [3.05, 3.63) is 34.1 Å². The van der Waals surface area contributed by atoms with Crippen LogP contribution in [0.1, 0.15) is 5.76 Å². The van der Waals surface area contributed by atoms with E-state index in [0.29, 0.717) is 5.01 Å². The molecule has 0 saturated heterocycles. The molecule has 0 spiro atoms. The lowest BCUT2D eigenvalue weighted by molar-refractivity contribution is -0.402. The Hall–Kier alpha value is -3.01. The molecule has 2 amide bonds. The largest absolute Gasteiger partial charge is 0.433 e. The molecule has 10 nitrogen and oxygen atoms in total. The highest BCUT2D eigenvalue weighted by molar-refractivity contribution is 6.34. The number of allylic oxidation sites excluding steroid dienone is 1. The molecule has 3 N–H and O–H groups in total. The summed E-state index contributed by atoms with van der Waals surface area (Å²) in [5.74, 6) is -2.46. The number of carbonyl (C=O) groups excluding carboxylic acids is 2. The third kappa shape index (κ3) is 4.87. The van der Waals surface area contributed by atoms with Gasteiger partial charge in [-0.2, -0.15) is 5.10 Å². The van der Waals surface area contributed by atoms with Gasteiger partial charge in [-0.15, -0.1) is 0 Å². The van der Waals surface area contributed by atoms with Gasteiger partial charge in [0, 0.05) is 6.21 Å². The number of amides is 2. The highest BCUT2D eigenvalue weighted by Gasteiger charge is 2.17. The molecule has 0 aliphatic carbocycles. The number of furan rings is 1. The number of hydrogen-bond acceptors (Lipinski definition) is 7. The van der Waals surface area contributed by atoms with Crippen LogP contribution in [0.3, 0.4) is 0 Å². The van der Waals surface area contributed by atoms with Crippen molar-refractivity contribution in [2.75, 3.05) is 13.2 Å². The zero-order chi connectivity index (χ0) is 15.8. The minimum Gasteiger partial charge on any atom is -0.401 e. The number of primary amides is 1. The number of hydrazone groups is 1. The molecule has 0 aliphatic rings. The van der Waals surface area contributed by atoms with Crippen molar-refractivity contribution in [2.45, 2.75) is 0 Å². The highest BCUT2D eigenvalue weighted by atomic mass is 16.6. The summed E-state index contributed by atoms with van der Waals surface area (Å²) in [6.07, 6.45) is 3.84. The molecule has 1 aromatic rings. The van der Waals surface area contributed by atoms with Gasteiger partial charge in [-0.25, -0.2) is 5.01 Å². The van der Waals surface area contributed by atoms with E-state index in [1.165, 1.54) is 24.3 Å². The lowest BCUT2D eigenvalue weighted by atomic mass is 10.4. The van der Waals surface area contributed by atoms with Crippen molar-refractivity contribution in [3.8, 4) is 0 Å². The van der Waals surface area contributed by atoms with Gasteiger partial charge in [-0.05, 0) is 18.2 Å². The predicted molar refractivity (Wildman–Crippen MR) is 70.9 cm³/mol. The minimum absolute atomic E-state index is 0.196. The maximum atomic E-state index is 11.3. The van der Waals surface area contributed by atoms with E-state index in [4.69, 9.17) is 15.3 Å². The lowest BCUT2D eigenvalue weighted by Gasteiger charge is -2.12. The molecule has 0 atom stereocenters. The average molecular weight is 296 g/mol. The molecule has 0 saturated carbocycles. The van der Waals surface area contributed by atoms with E-state index in [1.54, 1.807) is 0 Å². The van der Waals surface area contributed by atoms with E-state index < -0.39 is 29.2 Å². The molecule has 112 valence electrons. The number of aliphatic hydroxyl groups excluding tert-OH is 1. The van der Waals surface area contributed by atoms with Crippen molar-refractivity contribution in [1.29, 1.82) is 0 Å². The normalized spacial score (nSPS) is 11.1. The summed E-state index contributed by atoms with van der Waals surface area (Å²) in [4.78, 5) is 31.7. The van der Waals surface area contributed by atoms with Crippen LogP contribution in [0.15, 0.2) is 27.7 Å². The molecule has 0 fully saturated rings. The summed E-state index contributed by atoms with van der Waals surface area (Å²) >= 11 is 0. The van der Waals surface area contributed by atoms with Crippen LogP contribution in [-0.2, 0) is 9.59 Å². The standard InChI is InChI=1S/C11H12N4O6/c12-10(17)11(18)14(6-7-16)13-5-1-2-8-3-4-9(21-8)15(19)20/h1-5,16H,6-7H2,(H2,12,17)/b2-1+,13-5+. The zero-order valence-electron chi connectivity index (χ0n) is 10.7. The maximum Gasteiger partial charge on any atom is 0.433 e. The van der Waals surface area contributed by atoms with Crippen LogP contribution in [0.5, 0.6) is 0 Å². The van der Waals surface area contributed by atoms with Gasteiger partial charge < -0.3 is 15.3 Å². The first-order chi connectivity index (χ1) is 9.95. The Balaban J connectivity index is 2.69. The van der Waals surface area contributed by atoms with E-state index in [-0.39, 0.29) is 12.3 Å². The van der Waals surface area contributed by atoms with Gasteiger partial charge in [0.1, 0.15) is 10.7 Å². The number of carbonyl (C=O) groups is 2. The molecule has 1 rings (SSSR count). The summed E-state index contributed by atoms with van der Waals surface area (Å²) in [6, 6.07) is 2.56. The first-order valence-electron chi connectivity index (χ1n) is 5.62. The summed E-state index contributed by atoms with van der Waals surface area (Å²) in [5.41, 5.74) is 4.81. The number of nitrogens with zero attached hydrogens (tertiary/aromatic N) is 3. The van der Waals surface area contributed by atoms with Crippen LogP contribution in [0.2, 0.25) is 0 Å². The van der Waals surface area contributed by atoms with Crippen LogP contribution in [-0.4, -0.2) is 46.2 Å². The number of nitro groups is 1. The van der Waals surface area contributed by atoms with Crippen molar-refractivity contribution < 1.29 is 24.0 Å². The van der Waals surface area contributed by atoms with Crippen LogP contribution < -0.4 is 5.73 Å². The van der Waals surface area contributed by atoms with Gasteiger partial charge in [0.25, 0.3) is 0 Å². The van der Waals surface area contributed by atoms with Crippen LogP contribution in [0.4, 0.5) is 5.88 Å². The Morgan fingerprint density at radius 1 is 1.52 bits per heavy atom. The van der Waals surface area contributed by atoms with E-state index >= 15 is 0 Å². The Labute approximate surface area is 118 Å². The quantitative estimate of drug-likeness (QED) is 0.312. The highest BCUT2D eigenvalue weighted by Crippen LogP contribution is 2.16. The van der Waals surface area contributed by atoms with Gasteiger partial charge in [0.15, 0.2) is 0 Å². The van der Waals surface area contributed by atoms with Crippen molar-refractivity contribution in [2.24, 2.45) is 10.8 Å². The Bertz CT molecular complexity index is 591. The second kappa shape index (κ2) is 7.55. The van der Waals surface area contributed by atoms with Gasteiger partial charge in [0.2, 0.25) is 0 Å². The molecule has 10 heteroatoms. The molecule has 0 unspecified atom stereocenters. The maximum absolute atomic E-state index is 11.3. The number of nitrogens with two attached hydrogens (primary N) is 1. The molecule has 0 bridgehead atoms. The van der Waals surface area contributed by atoms with E-state index in [2.05, 4.69) is 5.10 Å². The first kappa shape index (κ1) is 16.0. The van der Waals surface area contributed by atoms with E-state index in [9.17, 15) is 19.7 Å². The van der Waals surface area contributed by atoms with Crippen molar-refractivity contribution >= 4 is 30.0 Å². The second-order valence-corrected chi connectivity index (χ2v) is 3.57. The summed E-state index contributed by atoms with van der Waals surface area (Å²) in [7, 11) is 0. The number of hydrogen-bond donors (Lipinski definition) is 2. The molecule has 0 aromatic carbocycles. The molecule has 21 heavy (non-hydrogen) atoms. The van der Waals surface area contributed by atoms with Gasteiger partial charge in [0.05, 0.1) is 19.2 Å². The topological polar surface area (TPSA) is 152 Å². The summed E-state index contributed by atoms with van der Waals surface area (Å²) in [5, 5.41) is 23.5. The van der Waals surface area contributed by atoms with Crippen molar-refractivity contribution in [1.82, 2.24) is 5.01 Å². The molecular formula is C11H12N4O6. The fourth-order valence-corrected chi connectivity index (χ4v) is 1.22. The number of rotatable bonds is 6. The summed E-state index contributed by atoms with van der Waals surface area (Å²) < 4.78 is 4.84. The molecule has 0 aliphatic heterocycles. The Kier molecular flexibility index (Phi) is 5.77. The van der Waals surface area contributed by atoms with E-state index in [1.807, 2.05) is 0 Å². The smallest absolute Gasteiger partial charge is 0.401 e. The zero-order valence-corrected chi connectivity index (χ0v) is 10.7. The van der Waals surface area contributed by atoms with Crippen molar-refractivity contribution in [3.63, 3.8) is 0 Å². The van der Waals surface area contributed by atoms with Gasteiger partial charge >= 0.3 is 17.7 Å². The molecule has 0 radical (unpaired) electrons. The number of aliphatic hydroxyl groups is 1. The Morgan fingerprint density at radius 3 is 2.76 bits per heavy atom. The van der Waals surface area contributed by atoms with Gasteiger partial charge in [-0.1, -0.05) is 0 Å². The minimum atomic E-state index is -1.20. The van der Waals surface area contributed by atoms with Gasteiger partial charge in [-0.3, -0.25) is 19.7 Å². The molecule has 1 aromatic heterocycles. The van der Waals surface area contributed by atoms with Crippen LogP contribution in [0.25, 0.3) is 6.08 Å². The predicted octanol–water partition coefficient (Wildman–Crippen LogP) is -0.507. The summed E-state index contributed by atoms with van der Waals surface area (Å²) in [6.45, 7) is -0.594. The third-order valence-electron chi connectivity index (χ3n) is 2.10. The fourth-order valence-electron chi connectivity index (χ4n) is 1.22.